The van der Waals surface area contributed by atoms with Gasteiger partial charge in [0, 0.05) is 19.6 Å². The Balaban J connectivity index is 2.77. The summed E-state index contributed by atoms with van der Waals surface area (Å²) < 4.78 is 37.7. The topological polar surface area (TPSA) is 29.3 Å². The van der Waals surface area contributed by atoms with Crippen LogP contribution in [0.15, 0.2) is 24.3 Å². The van der Waals surface area contributed by atoms with Crippen molar-refractivity contribution in [3.63, 3.8) is 0 Å². The zero-order valence-electron chi connectivity index (χ0n) is 10.5. The second-order valence-electron chi connectivity index (χ2n) is 4.26. The Kier molecular flexibility index (Phi) is 5.62. The minimum absolute atomic E-state index is 0.509. The number of nitrogens with two attached hydrogens (primary N) is 1. The lowest BCUT2D eigenvalue weighted by Gasteiger charge is -2.21. The second kappa shape index (κ2) is 6.75. The van der Waals surface area contributed by atoms with Crippen molar-refractivity contribution in [1.29, 1.82) is 0 Å². The maximum absolute atomic E-state index is 12.6. The fourth-order valence-corrected chi connectivity index (χ4v) is 1.87. The molecule has 0 aromatic heterocycles. The molecule has 0 fully saturated rings. The number of alkyl halides is 3. The van der Waals surface area contributed by atoms with E-state index in [2.05, 4.69) is 4.90 Å². The zero-order valence-corrected chi connectivity index (χ0v) is 10.5. The van der Waals surface area contributed by atoms with Gasteiger partial charge >= 0.3 is 6.18 Å². The molecule has 102 valence electrons. The highest BCUT2D eigenvalue weighted by molar-refractivity contribution is 5.25. The number of halogens is 3. The van der Waals surface area contributed by atoms with Gasteiger partial charge in [-0.1, -0.05) is 25.1 Å². The molecule has 0 bridgehead atoms. The van der Waals surface area contributed by atoms with Crippen molar-refractivity contribution in [2.24, 2.45) is 5.73 Å². The highest BCUT2D eigenvalue weighted by Crippen LogP contribution is 2.29. The van der Waals surface area contributed by atoms with E-state index in [1.807, 2.05) is 6.92 Å². The molecule has 2 N–H and O–H groups in total. The number of hydrogen-bond acceptors (Lipinski definition) is 2. The van der Waals surface area contributed by atoms with Crippen LogP contribution in [0, 0.1) is 0 Å². The van der Waals surface area contributed by atoms with Gasteiger partial charge in [-0.05, 0) is 24.6 Å². The molecule has 1 aromatic rings. The predicted octanol–water partition coefficient (Wildman–Crippen LogP) is 2.88. The largest absolute Gasteiger partial charge is 0.416 e. The number of rotatable bonds is 6. The Labute approximate surface area is 106 Å². The van der Waals surface area contributed by atoms with Crippen LogP contribution in [-0.4, -0.2) is 24.5 Å². The summed E-state index contributed by atoms with van der Waals surface area (Å²) in [6.07, 6.45) is -3.32. The molecule has 0 aliphatic rings. The molecular weight excluding hydrogens is 241 g/mol. The van der Waals surface area contributed by atoms with Gasteiger partial charge in [0.15, 0.2) is 0 Å². The lowest BCUT2D eigenvalue weighted by molar-refractivity contribution is -0.137. The average Bonchev–Trinajstić information content (AvgIpc) is 2.29. The van der Waals surface area contributed by atoms with Crippen LogP contribution in [0.25, 0.3) is 0 Å². The van der Waals surface area contributed by atoms with Crippen LogP contribution in [0.3, 0.4) is 0 Å². The van der Waals surface area contributed by atoms with E-state index in [0.29, 0.717) is 25.2 Å². The van der Waals surface area contributed by atoms with Crippen molar-refractivity contribution >= 4 is 0 Å². The van der Waals surface area contributed by atoms with E-state index in [0.717, 1.165) is 19.0 Å². The van der Waals surface area contributed by atoms with E-state index >= 15 is 0 Å². The third-order valence-electron chi connectivity index (χ3n) is 2.65. The molecule has 0 saturated heterocycles. The van der Waals surface area contributed by atoms with E-state index in [9.17, 15) is 13.2 Å². The summed E-state index contributed by atoms with van der Waals surface area (Å²) in [7, 11) is 0. The Bertz CT molecular complexity index is 357. The van der Waals surface area contributed by atoms with Gasteiger partial charge in [0.2, 0.25) is 0 Å². The lowest BCUT2D eigenvalue weighted by atomic mass is 10.1. The van der Waals surface area contributed by atoms with Gasteiger partial charge in [0.05, 0.1) is 5.56 Å². The van der Waals surface area contributed by atoms with Crippen LogP contribution < -0.4 is 5.73 Å². The van der Waals surface area contributed by atoms with Crippen LogP contribution in [0.5, 0.6) is 0 Å². The Morgan fingerprint density at radius 3 is 2.50 bits per heavy atom. The van der Waals surface area contributed by atoms with E-state index in [1.54, 1.807) is 6.07 Å². The van der Waals surface area contributed by atoms with Crippen molar-refractivity contribution in [3.8, 4) is 0 Å². The van der Waals surface area contributed by atoms with Crippen molar-refractivity contribution in [2.45, 2.75) is 26.1 Å². The van der Waals surface area contributed by atoms with Crippen molar-refractivity contribution in [3.05, 3.63) is 35.4 Å². The molecule has 0 radical (unpaired) electrons. The molecule has 0 saturated carbocycles. The van der Waals surface area contributed by atoms with Gasteiger partial charge in [0.25, 0.3) is 0 Å². The molecular formula is C13H19F3N2. The van der Waals surface area contributed by atoms with Gasteiger partial charge in [-0.25, -0.2) is 0 Å². The Morgan fingerprint density at radius 1 is 1.22 bits per heavy atom. The molecule has 0 heterocycles. The summed E-state index contributed by atoms with van der Waals surface area (Å²) in [5.41, 5.74) is 5.57. The Hall–Kier alpha value is -1.07. The molecule has 1 aromatic carbocycles. The van der Waals surface area contributed by atoms with E-state index < -0.39 is 11.7 Å². The van der Waals surface area contributed by atoms with Crippen LogP contribution in [0.1, 0.15) is 24.5 Å². The quantitative estimate of drug-likeness (QED) is 0.852. The minimum Gasteiger partial charge on any atom is -0.329 e. The maximum Gasteiger partial charge on any atom is 0.416 e. The summed E-state index contributed by atoms with van der Waals surface area (Å²) in [5, 5.41) is 0. The van der Waals surface area contributed by atoms with E-state index in [-0.39, 0.29) is 0 Å². The number of benzene rings is 1. The smallest absolute Gasteiger partial charge is 0.329 e. The molecule has 0 aliphatic carbocycles. The van der Waals surface area contributed by atoms with Gasteiger partial charge < -0.3 is 5.73 Å². The fraction of sp³-hybridized carbons (Fsp3) is 0.538. The van der Waals surface area contributed by atoms with Crippen LogP contribution in [0.4, 0.5) is 13.2 Å². The number of hydrogen-bond donors (Lipinski definition) is 1. The van der Waals surface area contributed by atoms with E-state index in [1.165, 1.54) is 12.1 Å². The third kappa shape index (κ3) is 4.66. The monoisotopic (exact) mass is 260 g/mol. The summed E-state index contributed by atoms with van der Waals surface area (Å²) in [6, 6.07) is 5.47. The molecule has 0 amide bonds. The van der Waals surface area contributed by atoms with Crippen molar-refractivity contribution in [2.75, 3.05) is 19.6 Å². The van der Waals surface area contributed by atoms with Gasteiger partial charge in [-0.3, -0.25) is 4.90 Å². The highest BCUT2D eigenvalue weighted by atomic mass is 19.4. The van der Waals surface area contributed by atoms with Gasteiger partial charge in [0.1, 0.15) is 0 Å². The first kappa shape index (κ1) is 15.0. The van der Waals surface area contributed by atoms with Gasteiger partial charge in [-0.15, -0.1) is 0 Å². The SMILES string of the molecule is CCCN(CCN)Cc1cccc(C(F)(F)F)c1. The fourth-order valence-electron chi connectivity index (χ4n) is 1.87. The van der Waals surface area contributed by atoms with Crippen molar-refractivity contribution in [1.82, 2.24) is 4.90 Å². The standard InChI is InChI=1S/C13H19F3N2/c1-2-7-18(8-6-17)10-11-4-3-5-12(9-11)13(14,15)16/h3-5,9H,2,6-8,10,17H2,1H3. The van der Waals surface area contributed by atoms with Crippen molar-refractivity contribution < 1.29 is 13.2 Å². The maximum atomic E-state index is 12.6. The molecule has 0 spiro atoms. The highest BCUT2D eigenvalue weighted by Gasteiger charge is 2.30. The molecule has 0 unspecified atom stereocenters. The van der Waals surface area contributed by atoms with Gasteiger partial charge in [-0.2, -0.15) is 13.2 Å². The zero-order chi connectivity index (χ0) is 13.6. The molecule has 0 aliphatic heterocycles. The second-order valence-corrected chi connectivity index (χ2v) is 4.26. The molecule has 2 nitrogen and oxygen atoms in total. The predicted molar refractivity (Wildman–Crippen MR) is 66.1 cm³/mol. The molecule has 1 rings (SSSR count). The minimum atomic E-state index is -4.28. The molecule has 5 heteroatoms. The molecule has 0 atom stereocenters. The first-order valence-electron chi connectivity index (χ1n) is 6.06. The van der Waals surface area contributed by atoms with E-state index in [4.69, 9.17) is 5.73 Å². The van der Waals surface area contributed by atoms with Crippen LogP contribution in [0.2, 0.25) is 0 Å². The lowest BCUT2D eigenvalue weighted by Crippen LogP contribution is -2.29. The summed E-state index contributed by atoms with van der Waals surface area (Å²) in [4.78, 5) is 2.06. The summed E-state index contributed by atoms with van der Waals surface area (Å²) in [6.45, 7) is 4.60. The summed E-state index contributed by atoms with van der Waals surface area (Å²) in [5.74, 6) is 0. The normalized spacial score (nSPS) is 12.1. The third-order valence-corrected chi connectivity index (χ3v) is 2.65. The first-order valence-corrected chi connectivity index (χ1v) is 6.06. The Morgan fingerprint density at radius 2 is 1.94 bits per heavy atom. The summed E-state index contributed by atoms with van der Waals surface area (Å²) >= 11 is 0. The van der Waals surface area contributed by atoms with Crippen LogP contribution in [-0.2, 0) is 12.7 Å². The number of nitrogens with zero attached hydrogens (tertiary/aromatic N) is 1. The first-order chi connectivity index (χ1) is 8.47. The molecule has 18 heavy (non-hydrogen) atoms. The average molecular weight is 260 g/mol. The van der Waals surface area contributed by atoms with Crippen LogP contribution >= 0.6 is 0 Å².